The SMILES string of the molecule is c1ccc(-c2cc(-c3ccccc3)cc(-c3c4ccccc4c(-c4cccc5[se]c6c(-c7c8ccccc8c(-c8ccccc8)c8ccccc78)cccc6c45)c4ccccc34)c2)cc1. The number of rotatable bonds is 6. The van der Waals surface area contributed by atoms with Gasteiger partial charge < -0.3 is 0 Å². The second kappa shape index (κ2) is 15.5. The van der Waals surface area contributed by atoms with E-state index in [9.17, 15) is 0 Å². The van der Waals surface area contributed by atoms with Crippen LogP contribution in [0.3, 0.4) is 0 Å². The van der Waals surface area contributed by atoms with Gasteiger partial charge in [0.05, 0.1) is 0 Å². The van der Waals surface area contributed by atoms with Gasteiger partial charge in [0, 0.05) is 0 Å². The quantitative estimate of drug-likeness (QED) is 0.115. The average Bonchev–Trinajstić information content (AvgIpc) is 3.77. The van der Waals surface area contributed by atoms with Crippen LogP contribution in [0.4, 0.5) is 0 Å². The molecular weight excluding hydrogens is 848 g/mol. The van der Waals surface area contributed by atoms with E-state index in [-0.39, 0.29) is 14.5 Å². The minimum atomic E-state index is 0.0921. The Morgan fingerprint density at radius 1 is 0.215 bits per heavy atom. The summed E-state index contributed by atoms with van der Waals surface area (Å²) in [6, 6.07) is 90.1. The van der Waals surface area contributed by atoms with E-state index in [1.54, 1.807) is 0 Å². The summed E-state index contributed by atoms with van der Waals surface area (Å²) in [5.41, 5.74) is 15.2. The fraction of sp³-hybridized carbons (Fsp3) is 0. The molecule has 13 aromatic rings. The molecule has 65 heavy (non-hydrogen) atoms. The van der Waals surface area contributed by atoms with E-state index in [0.29, 0.717) is 0 Å². The standard InChI is InChI=1S/C64H40Se/c1-4-20-41(21-5-1)44-38-45(42-22-6-2-7-23-42)40-46(39-44)60-49-28-12-14-30-51(49)61(52-31-15-13-29-50(52)60)55-34-19-37-58-63(55)57-36-18-35-56(64(57)65-58)62-53-32-16-10-26-47(53)59(43-24-8-3-9-25-43)48-27-11-17-33-54(48)62/h1-40H. The van der Waals surface area contributed by atoms with Gasteiger partial charge in [0.25, 0.3) is 0 Å². The van der Waals surface area contributed by atoms with E-state index < -0.39 is 0 Å². The topological polar surface area (TPSA) is 0 Å². The molecule has 0 amide bonds. The molecule has 13 rings (SSSR count). The first-order valence-corrected chi connectivity index (χ1v) is 24.1. The van der Waals surface area contributed by atoms with Crippen LogP contribution in [-0.4, -0.2) is 14.5 Å². The number of fused-ring (bicyclic) bond motifs is 7. The molecule has 0 aliphatic heterocycles. The van der Waals surface area contributed by atoms with Crippen LogP contribution in [0.2, 0.25) is 0 Å². The predicted octanol–water partition coefficient (Wildman–Crippen LogP) is 17.7. The summed E-state index contributed by atoms with van der Waals surface area (Å²) in [7, 11) is 0. The van der Waals surface area contributed by atoms with Gasteiger partial charge >= 0.3 is 350 Å². The average molecular weight is 888 g/mol. The zero-order valence-corrected chi connectivity index (χ0v) is 37.2. The van der Waals surface area contributed by atoms with Crippen LogP contribution in [0.5, 0.6) is 0 Å². The van der Waals surface area contributed by atoms with Crippen molar-refractivity contribution in [2.45, 2.75) is 0 Å². The molecule has 0 fully saturated rings. The van der Waals surface area contributed by atoms with Crippen LogP contribution >= 0.6 is 0 Å². The molecule has 0 saturated carbocycles. The van der Waals surface area contributed by atoms with Crippen LogP contribution in [0, 0.1) is 0 Å². The van der Waals surface area contributed by atoms with Crippen molar-refractivity contribution in [3.63, 3.8) is 0 Å². The van der Waals surface area contributed by atoms with Gasteiger partial charge in [-0.2, -0.15) is 0 Å². The first-order chi connectivity index (χ1) is 32.3. The molecule has 0 spiro atoms. The van der Waals surface area contributed by atoms with Crippen molar-refractivity contribution in [2.75, 3.05) is 0 Å². The van der Waals surface area contributed by atoms with E-state index in [1.165, 1.54) is 129 Å². The van der Waals surface area contributed by atoms with Crippen molar-refractivity contribution in [1.29, 1.82) is 0 Å². The van der Waals surface area contributed by atoms with E-state index >= 15 is 0 Å². The Labute approximate surface area is 384 Å². The van der Waals surface area contributed by atoms with Crippen LogP contribution in [0.15, 0.2) is 243 Å². The van der Waals surface area contributed by atoms with E-state index in [2.05, 4.69) is 243 Å². The molecule has 0 saturated heterocycles. The summed E-state index contributed by atoms with van der Waals surface area (Å²) >= 11 is 0.0921. The summed E-state index contributed by atoms with van der Waals surface area (Å²) in [4.78, 5) is 0. The predicted molar refractivity (Wildman–Crippen MR) is 281 cm³/mol. The van der Waals surface area contributed by atoms with Gasteiger partial charge in [0.2, 0.25) is 0 Å². The summed E-state index contributed by atoms with van der Waals surface area (Å²) < 4.78 is 2.90. The maximum absolute atomic E-state index is 2.40. The summed E-state index contributed by atoms with van der Waals surface area (Å²) in [5, 5.41) is 13.0. The second-order valence-corrected chi connectivity index (χ2v) is 19.3. The van der Waals surface area contributed by atoms with Gasteiger partial charge in [-0.3, -0.25) is 0 Å². The van der Waals surface area contributed by atoms with Crippen molar-refractivity contribution in [3.8, 4) is 66.8 Å². The Morgan fingerprint density at radius 2 is 0.554 bits per heavy atom. The molecule has 0 N–H and O–H groups in total. The number of hydrogen-bond donors (Lipinski definition) is 0. The van der Waals surface area contributed by atoms with Gasteiger partial charge in [-0.05, 0) is 0 Å². The van der Waals surface area contributed by atoms with Crippen molar-refractivity contribution in [1.82, 2.24) is 0 Å². The molecule has 0 unspecified atom stereocenters. The normalized spacial score (nSPS) is 11.7. The molecule has 302 valence electrons. The van der Waals surface area contributed by atoms with Crippen LogP contribution in [-0.2, 0) is 0 Å². The molecule has 0 aliphatic carbocycles. The maximum atomic E-state index is 2.40. The zero-order valence-electron chi connectivity index (χ0n) is 35.5. The third kappa shape index (κ3) is 6.12. The molecule has 1 aromatic heterocycles. The Hall–Kier alpha value is -7.80. The zero-order chi connectivity index (χ0) is 42.8. The van der Waals surface area contributed by atoms with Gasteiger partial charge in [-0.25, -0.2) is 0 Å². The minimum absolute atomic E-state index is 0.0921. The Balaban J connectivity index is 1.08. The Bertz CT molecular complexity index is 3800. The van der Waals surface area contributed by atoms with E-state index in [4.69, 9.17) is 0 Å². The second-order valence-electron chi connectivity index (χ2n) is 17.0. The fourth-order valence-electron chi connectivity index (χ4n) is 10.7. The Morgan fingerprint density at radius 3 is 1.03 bits per heavy atom. The molecule has 0 nitrogen and oxygen atoms in total. The van der Waals surface area contributed by atoms with Gasteiger partial charge in [0.15, 0.2) is 0 Å². The molecular formula is C64H40Se. The van der Waals surface area contributed by atoms with Crippen LogP contribution < -0.4 is 0 Å². The summed E-state index contributed by atoms with van der Waals surface area (Å²) in [6.07, 6.45) is 0. The Kier molecular flexibility index (Phi) is 8.98. The van der Waals surface area contributed by atoms with Crippen molar-refractivity contribution < 1.29 is 0 Å². The summed E-state index contributed by atoms with van der Waals surface area (Å²) in [5.74, 6) is 0. The van der Waals surface area contributed by atoms with Gasteiger partial charge in [-0.1, -0.05) is 36.4 Å². The van der Waals surface area contributed by atoms with Crippen molar-refractivity contribution >= 4 is 76.9 Å². The summed E-state index contributed by atoms with van der Waals surface area (Å²) in [6.45, 7) is 0. The minimum Gasteiger partial charge on any atom is -0.0617 e. The van der Waals surface area contributed by atoms with E-state index in [0.717, 1.165) is 0 Å². The fourth-order valence-corrected chi connectivity index (χ4v) is 13.3. The van der Waals surface area contributed by atoms with Crippen molar-refractivity contribution in [3.05, 3.63) is 243 Å². The monoisotopic (exact) mass is 888 g/mol. The smallest absolute Gasteiger partial charge is 0.0617 e. The molecule has 0 aliphatic rings. The molecule has 12 aromatic carbocycles. The molecule has 0 atom stereocenters. The van der Waals surface area contributed by atoms with Gasteiger partial charge in [0.1, 0.15) is 0 Å². The molecule has 0 bridgehead atoms. The first kappa shape index (κ1) is 37.7. The third-order valence-electron chi connectivity index (χ3n) is 13.4. The first-order valence-electron chi connectivity index (χ1n) is 22.4. The van der Waals surface area contributed by atoms with Crippen LogP contribution in [0.25, 0.3) is 129 Å². The number of hydrogen-bond acceptors (Lipinski definition) is 0. The van der Waals surface area contributed by atoms with Crippen LogP contribution in [0.1, 0.15) is 0 Å². The number of benzene rings is 12. The van der Waals surface area contributed by atoms with E-state index in [1.807, 2.05) is 0 Å². The van der Waals surface area contributed by atoms with Crippen molar-refractivity contribution in [2.24, 2.45) is 0 Å². The third-order valence-corrected chi connectivity index (χ3v) is 15.9. The molecule has 0 radical (unpaired) electrons. The molecule has 1 heteroatoms. The van der Waals surface area contributed by atoms with Gasteiger partial charge in [-0.15, -0.1) is 0 Å². The molecule has 1 heterocycles.